The molecule has 0 radical (unpaired) electrons. The van der Waals surface area contributed by atoms with Gasteiger partial charge in [0.1, 0.15) is 17.2 Å². The molecule has 0 bridgehead atoms. The molecule has 8 heteroatoms. The average molecular weight is 414 g/mol. The fourth-order valence-electron chi connectivity index (χ4n) is 4.30. The number of hydrogen-bond acceptors (Lipinski definition) is 6. The summed E-state index contributed by atoms with van der Waals surface area (Å²) in [7, 11) is 0. The van der Waals surface area contributed by atoms with Gasteiger partial charge in [-0.1, -0.05) is 19.4 Å². The van der Waals surface area contributed by atoms with Crippen LogP contribution in [0.25, 0.3) is 5.57 Å². The molecule has 0 spiro atoms. The molecule has 3 heterocycles. The Hall–Kier alpha value is -2.74. The molecule has 1 aromatic rings. The van der Waals surface area contributed by atoms with Crippen molar-refractivity contribution in [2.24, 2.45) is 5.73 Å². The van der Waals surface area contributed by atoms with Crippen LogP contribution >= 0.6 is 0 Å². The summed E-state index contributed by atoms with van der Waals surface area (Å²) in [4.78, 5) is 0. The van der Waals surface area contributed by atoms with E-state index in [1.54, 1.807) is 12.4 Å². The van der Waals surface area contributed by atoms with E-state index < -0.39 is 5.67 Å². The molecule has 0 aromatic carbocycles. The van der Waals surface area contributed by atoms with Gasteiger partial charge < -0.3 is 27.0 Å². The molecular weight excluding hydrogens is 381 g/mol. The molecule has 7 nitrogen and oxygen atoms in total. The lowest BCUT2D eigenvalue weighted by atomic mass is 9.96. The molecule has 4 rings (SSSR count). The standard InChI is InChI=1S/C22H32FN7/c1-16(17-12-29-30(13-17)18-5-2-3-6-18)11-19-20(27-10-9-26-19)21(24)28-15-22(23)7-4-8-25-14-22/h9-13,18,25-28H,1-8,14-15,24H2/b19-11+,21-20-. The maximum Gasteiger partial charge on any atom is 0.140 e. The average Bonchev–Trinajstić information content (AvgIpc) is 3.45. The van der Waals surface area contributed by atoms with Gasteiger partial charge in [0.2, 0.25) is 0 Å². The fraction of sp³-hybridized carbons (Fsp3) is 0.500. The Morgan fingerprint density at radius 1 is 1.33 bits per heavy atom. The van der Waals surface area contributed by atoms with Crippen LogP contribution in [0.3, 0.4) is 0 Å². The Balaban J connectivity index is 1.47. The number of alkyl halides is 1. The molecular formula is C22H32FN7. The van der Waals surface area contributed by atoms with Crippen molar-refractivity contribution in [1.29, 1.82) is 0 Å². The molecule has 2 aliphatic heterocycles. The number of allylic oxidation sites excluding steroid dienone is 2. The van der Waals surface area contributed by atoms with Crippen molar-refractivity contribution in [3.8, 4) is 0 Å². The first-order chi connectivity index (χ1) is 14.5. The molecule has 1 aromatic heterocycles. The second-order valence-corrected chi connectivity index (χ2v) is 8.43. The highest BCUT2D eigenvalue weighted by atomic mass is 19.1. The summed E-state index contributed by atoms with van der Waals surface area (Å²) in [5.74, 6) is 0.398. The summed E-state index contributed by atoms with van der Waals surface area (Å²) in [6.45, 7) is 5.59. The van der Waals surface area contributed by atoms with E-state index in [1.807, 2.05) is 12.3 Å². The summed E-state index contributed by atoms with van der Waals surface area (Å²) < 4.78 is 16.9. The van der Waals surface area contributed by atoms with E-state index in [9.17, 15) is 4.39 Å². The first-order valence-corrected chi connectivity index (χ1v) is 10.8. The lowest BCUT2D eigenvalue weighted by Gasteiger charge is -2.31. The van der Waals surface area contributed by atoms with Crippen molar-refractivity contribution in [3.63, 3.8) is 0 Å². The minimum atomic E-state index is -1.29. The molecule has 162 valence electrons. The molecule has 2 fully saturated rings. The zero-order chi connectivity index (χ0) is 21.0. The molecule has 3 aliphatic rings. The maximum atomic E-state index is 14.9. The van der Waals surface area contributed by atoms with Crippen LogP contribution in [0.4, 0.5) is 4.39 Å². The van der Waals surface area contributed by atoms with Gasteiger partial charge in [0.05, 0.1) is 24.5 Å². The number of piperidine rings is 1. The van der Waals surface area contributed by atoms with Crippen LogP contribution in [0.2, 0.25) is 0 Å². The zero-order valence-corrected chi connectivity index (χ0v) is 17.4. The minimum Gasteiger partial charge on any atom is -0.384 e. The van der Waals surface area contributed by atoms with Gasteiger partial charge in [0.15, 0.2) is 0 Å². The summed E-state index contributed by atoms with van der Waals surface area (Å²) in [6, 6.07) is 0.495. The van der Waals surface area contributed by atoms with Crippen molar-refractivity contribution in [3.05, 3.63) is 60.2 Å². The quantitative estimate of drug-likeness (QED) is 0.492. The topological polar surface area (TPSA) is 92.0 Å². The van der Waals surface area contributed by atoms with Crippen LogP contribution in [-0.2, 0) is 0 Å². The predicted octanol–water partition coefficient (Wildman–Crippen LogP) is 2.37. The van der Waals surface area contributed by atoms with E-state index in [1.165, 1.54) is 25.7 Å². The Labute approximate surface area is 177 Å². The zero-order valence-electron chi connectivity index (χ0n) is 17.4. The Kier molecular flexibility index (Phi) is 6.13. The number of nitrogens with one attached hydrogen (secondary N) is 4. The van der Waals surface area contributed by atoms with Gasteiger partial charge >= 0.3 is 0 Å². The van der Waals surface area contributed by atoms with E-state index in [-0.39, 0.29) is 6.54 Å². The molecule has 1 saturated carbocycles. The minimum absolute atomic E-state index is 0.170. The van der Waals surface area contributed by atoms with Crippen molar-refractivity contribution in [2.75, 3.05) is 19.6 Å². The molecule has 1 atom stereocenters. The predicted molar refractivity (Wildman–Crippen MR) is 117 cm³/mol. The van der Waals surface area contributed by atoms with Crippen LogP contribution in [-0.4, -0.2) is 35.1 Å². The van der Waals surface area contributed by atoms with Gasteiger partial charge in [-0.2, -0.15) is 5.10 Å². The summed E-state index contributed by atoms with van der Waals surface area (Å²) in [6.07, 6.45) is 15.7. The van der Waals surface area contributed by atoms with Gasteiger partial charge in [0.25, 0.3) is 0 Å². The Bertz CT molecular complexity index is 855. The Morgan fingerprint density at radius 3 is 2.90 bits per heavy atom. The van der Waals surface area contributed by atoms with E-state index in [2.05, 4.69) is 43.8 Å². The highest BCUT2D eigenvalue weighted by Crippen LogP contribution is 2.30. The summed E-state index contributed by atoms with van der Waals surface area (Å²) in [5.41, 5.74) is 8.25. The van der Waals surface area contributed by atoms with Crippen LogP contribution in [0.1, 0.15) is 50.1 Å². The molecule has 1 aliphatic carbocycles. The van der Waals surface area contributed by atoms with E-state index in [0.29, 0.717) is 30.5 Å². The largest absolute Gasteiger partial charge is 0.384 e. The number of hydrogen-bond donors (Lipinski definition) is 5. The molecule has 6 N–H and O–H groups in total. The second-order valence-electron chi connectivity index (χ2n) is 8.43. The van der Waals surface area contributed by atoms with Crippen LogP contribution in [0.5, 0.6) is 0 Å². The van der Waals surface area contributed by atoms with Crippen molar-refractivity contribution >= 4 is 5.57 Å². The third-order valence-corrected chi connectivity index (χ3v) is 6.09. The van der Waals surface area contributed by atoms with E-state index in [4.69, 9.17) is 5.73 Å². The van der Waals surface area contributed by atoms with E-state index in [0.717, 1.165) is 29.8 Å². The highest BCUT2D eigenvalue weighted by molar-refractivity contribution is 5.73. The lowest BCUT2D eigenvalue weighted by Crippen LogP contribution is -2.49. The number of halogens is 1. The molecule has 30 heavy (non-hydrogen) atoms. The second kappa shape index (κ2) is 8.95. The first kappa shape index (κ1) is 20.5. The van der Waals surface area contributed by atoms with Crippen LogP contribution in [0.15, 0.2) is 54.7 Å². The van der Waals surface area contributed by atoms with Gasteiger partial charge in [-0.15, -0.1) is 0 Å². The first-order valence-electron chi connectivity index (χ1n) is 10.8. The normalized spacial score (nSPS) is 27.6. The fourth-order valence-corrected chi connectivity index (χ4v) is 4.30. The summed E-state index contributed by atoms with van der Waals surface area (Å²) >= 11 is 0. The highest BCUT2D eigenvalue weighted by Gasteiger charge is 2.31. The van der Waals surface area contributed by atoms with E-state index >= 15 is 0 Å². The van der Waals surface area contributed by atoms with Crippen LogP contribution in [0, 0.1) is 0 Å². The maximum absolute atomic E-state index is 14.9. The van der Waals surface area contributed by atoms with Crippen molar-refractivity contribution in [1.82, 2.24) is 31.0 Å². The van der Waals surface area contributed by atoms with Gasteiger partial charge in [-0.25, -0.2) is 4.39 Å². The number of nitrogens with two attached hydrogens (primary N) is 1. The van der Waals surface area contributed by atoms with Crippen LogP contribution < -0.4 is 27.0 Å². The number of nitrogens with zero attached hydrogens (tertiary/aromatic N) is 2. The number of aromatic nitrogens is 2. The number of rotatable bonds is 6. The van der Waals surface area contributed by atoms with Gasteiger partial charge in [-0.3, -0.25) is 4.68 Å². The molecule has 1 unspecified atom stereocenters. The van der Waals surface area contributed by atoms with Gasteiger partial charge in [-0.05, 0) is 43.9 Å². The van der Waals surface area contributed by atoms with Gasteiger partial charge in [0, 0.05) is 30.7 Å². The third-order valence-electron chi connectivity index (χ3n) is 6.09. The molecule has 0 amide bonds. The monoisotopic (exact) mass is 413 g/mol. The third kappa shape index (κ3) is 4.70. The van der Waals surface area contributed by atoms with Crippen molar-refractivity contribution in [2.45, 2.75) is 50.2 Å². The smallest absolute Gasteiger partial charge is 0.140 e. The van der Waals surface area contributed by atoms with Crippen molar-refractivity contribution < 1.29 is 4.39 Å². The molecule has 1 saturated heterocycles. The Morgan fingerprint density at radius 2 is 2.13 bits per heavy atom. The summed E-state index contributed by atoms with van der Waals surface area (Å²) in [5, 5.41) is 17.1. The lowest BCUT2D eigenvalue weighted by molar-refractivity contribution is 0.123. The SMILES string of the molecule is C=C(/C=C1/NC=CN/C1=C(/N)NCC1(F)CCCNC1)c1cnn(C2CCCC2)c1.